The summed E-state index contributed by atoms with van der Waals surface area (Å²) in [6.07, 6.45) is -0.112. The molecule has 22 heavy (non-hydrogen) atoms. The van der Waals surface area contributed by atoms with Crippen molar-refractivity contribution in [3.63, 3.8) is 0 Å². The summed E-state index contributed by atoms with van der Waals surface area (Å²) in [6.45, 7) is 5.81. The first-order chi connectivity index (χ1) is 10.2. The Morgan fingerprint density at radius 1 is 1.36 bits per heavy atom. The van der Waals surface area contributed by atoms with Gasteiger partial charge in [-0.05, 0) is 39.0 Å². The van der Waals surface area contributed by atoms with Gasteiger partial charge in [-0.25, -0.2) is 4.79 Å². The molecule has 0 aromatic heterocycles. The fourth-order valence-electron chi connectivity index (χ4n) is 2.08. The number of carbonyl (C=O) groups excluding carboxylic acids is 2. The Kier molecular flexibility index (Phi) is 4.30. The first kappa shape index (κ1) is 16.1. The monoisotopic (exact) mass is 306 g/mol. The molecule has 2 rings (SSSR count). The minimum atomic E-state index is -0.563. The number of carbonyl (C=O) groups is 2. The Bertz CT molecular complexity index is 592. The number of benzene rings is 1. The maximum atomic E-state index is 12.1. The Hall–Kier alpha value is -2.24. The number of amides is 2. The largest absolute Gasteiger partial charge is 0.491 e. The topological polar surface area (TPSA) is 59.1 Å². The minimum Gasteiger partial charge on any atom is -0.491 e. The summed E-state index contributed by atoms with van der Waals surface area (Å²) in [5, 5.41) is 0. The first-order valence-electron chi connectivity index (χ1n) is 7.19. The smallest absolute Gasteiger partial charge is 0.414 e. The molecule has 0 unspecified atom stereocenters. The van der Waals surface area contributed by atoms with Crippen LogP contribution in [0.1, 0.15) is 27.2 Å². The molecule has 0 aliphatic carbocycles. The summed E-state index contributed by atoms with van der Waals surface area (Å²) in [7, 11) is 3.34. The SMILES string of the molecule is CN(C(=O)OC(C)(C)C)c1ccc2c(c1)N(C)C(=O)CCO2. The van der Waals surface area contributed by atoms with Crippen molar-refractivity contribution in [3.8, 4) is 5.75 Å². The minimum absolute atomic E-state index is 0.0178. The summed E-state index contributed by atoms with van der Waals surface area (Å²) in [4.78, 5) is 27.0. The number of hydrogen-bond acceptors (Lipinski definition) is 4. The van der Waals surface area contributed by atoms with Gasteiger partial charge in [-0.2, -0.15) is 0 Å². The molecule has 0 atom stereocenters. The van der Waals surface area contributed by atoms with E-state index in [0.29, 0.717) is 30.2 Å². The van der Waals surface area contributed by atoms with Crippen molar-refractivity contribution in [1.29, 1.82) is 0 Å². The molecule has 6 nitrogen and oxygen atoms in total. The number of anilines is 2. The highest BCUT2D eigenvalue weighted by Gasteiger charge is 2.24. The Labute approximate surface area is 130 Å². The van der Waals surface area contributed by atoms with Gasteiger partial charge < -0.3 is 14.4 Å². The number of fused-ring (bicyclic) bond motifs is 1. The quantitative estimate of drug-likeness (QED) is 0.800. The molecule has 0 saturated carbocycles. The molecule has 0 fully saturated rings. The number of rotatable bonds is 1. The Balaban J connectivity index is 2.28. The van der Waals surface area contributed by atoms with Gasteiger partial charge in [0.1, 0.15) is 11.4 Å². The van der Waals surface area contributed by atoms with Crippen LogP contribution in [0.5, 0.6) is 5.75 Å². The molecular formula is C16H22N2O4. The number of hydrogen-bond donors (Lipinski definition) is 0. The molecule has 1 aromatic rings. The van der Waals surface area contributed by atoms with Gasteiger partial charge in [-0.15, -0.1) is 0 Å². The highest BCUT2D eigenvalue weighted by Crippen LogP contribution is 2.34. The third-order valence-corrected chi connectivity index (χ3v) is 3.31. The third kappa shape index (κ3) is 3.50. The van der Waals surface area contributed by atoms with E-state index >= 15 is 0 Å². The molecule has 0 N–H and O–H groups in total. The van der Waals surface area contributed by atoms with Gasteiger partial charge in [0.15, 0.2) is 0 Å². The average Bonchev–Trinajstić information content (AvgIpc) is 2.56. The van der Waals surface area contributed by atoms with E-state index in [2.05, 4.69) is 0 Å². The van der Waals surface area contributed by atoms with Crippen molar-refractivity contribution in [2.75, 3.05) is 30.5 Å². The van der Waals surface area contributed by atoms with Crippen molar-refractivity contribution in [2.45, 2.75) is 32.8 Å². The average molecular weight is 306 g/mol. The van der Waals surface area contributed by atoms with Crippen molar-refractivity contribution < 1.29 is 19.1 Å². The molecular weight excluding hydrogens is 284 g/mol. The maximum Gasteiger partial charge on any atom is 0.414 e. The van der Waals surface area contributed by atoms with Crippen LogP contribution in [0.3, 0.4) is 0 Å². The van der Waals surface area contributed by atoms with Gasteiger partial charge in [-0.3, -0.25) is 9.69 Å². The van der Waals surface area contributed by atoms with E-state index in [0.717, 1.165) is 0 Å². The predicted molar refractivity (Wildman–Crippen MR) is 84.6 cm³/mol. The van der Waals surface area contributed by atoms with Gasteiger partial charge in [0, 0.05) is 19.8 Å². The fourth-order valence-corrected chi connectivity index (χ4v) is 2.08. The van der Waals surface area contributed by atoms with Gasteiger partial charge in [0.2, 0.25) is 5.91 Å². The van der Waals surface area contributed by atoms with Gasteiger partial charge >= 0.3 is 6.09 Å². The summed E-state index contributed by atoms with van der Waals surface area (Å²) < 4.78 is 10.9. The fraction of sp³-hybridized carbons (Fsp3) is 0.500. The van der Waals surface area contributed by atoms with Crippen LogP contribution in [0.2, 0.25) is 0 Å². The third-order valence-electron chi connectivity index (χ3n) is 3.31. The van der Waals surface area contributed by atoms with Crippen molar-refractivity contribution in [3.05, 3.63) is 18.2 Å². The molecule has 0 bridgehead atoms. The van der Waals surface area contributed by atoms with E-state index in [4.69, 9.17) is 9.47 Å². The lowest BCUT2D eigenvalue weighted by atomic mass is 10.2. The standard InChI is InChI=1S/C16H22N2O4/c1-16(2,3)22-15(20)17(4)11-6-7-13-12(10-11)18(5)14(19)8-9-21-13/h6-7,10H,8-9H2,1-5H3. The highest BCUT2D eigenvalue weighted by atomic mass is 16.6. The van der Waals surface area contributed by atoms with Gasteiger partial charge in [0.25, 0.3) is 0 Å². The van der Waals surface area contributed by atoms with Crippen LogP contribution in [0.15, 0.2) is 18.2 Å². The summed E-state index contributed by atoms with van der Waals surface area (Å²) in [6, 6.07) is 5.29. The molecule has 1 aliphatic rings. The van der Waals surface area contributed by atoms with E-state index in [-0.39, 0.29) is 5.91 Å². The summed E-state index contributed by atoms with van der Waals surface area (Å²) in [5.41, 5.74) is 0.723. The van der Waals surface area contributed by atoms with Gasteiger partial charge in [0.05, 0.1) is 18.7 Å². The molecule has 0 radical (unpaired) electrons. The first-order valence-corrected chi connectivity index (χ1v) is 7.19. The second-order valence-corrected chi connectivity index (χ2v) is 6.24. The lowest BCUT2D eigenvalue weighted by Gasteiger charge is -2.25. The Morgan fingerprint density at radius 3 is 2.68 bits per heavy atom. The van der Waals surface area contributed by atoms with Crippen LogP contribution in [-0.2, 0) is 9.53 Å². The van der Waals surface area contributed by atoms with E-state index in [1.54, 1.807) is 37.2 Å². The Morgan fingerprint density at radius 2 is 2.05 bits per heavy atom. The second-order valence-electron chi connectivity index (χ2n) is 6.24. The molecule has 1 heterocycles. The van der Waals surface area contributed by atoms with Crippen molar-refractivity contribution in [2.24, 2.45) is 0 Å². The molecule has 6 heteroatoms. The van der Waals surface area contributed by atoms with Crippen LogP contribution < -0.4 is 14.5 Å². The molecule has 1 aromatic carbocycles. The molecule has 1 aliphatic heterocycles. The summed E-state index contributed by atoms with van der Waals surface area (Å²) >= 11 is 0. The van der Waals surface area contributed by atoms with Crippen molar-refractivity contribution in [1.82, 2.24) is 0 Å². The van der Waals surface area contributed by atoms with E-state index < -0.39 is 11.7 Å². The molecule has 120 valence electrons. The zero-order valence-corrected chi connectivity index (χ0v) is 13.7. The van der Waals surface area contributed by atoms with Crippen molar-refractivity contribution >= 4 is 23.4 Å². The highest BCUT2D eigenvalue weighted by molar-refractivity contribution is 5.97. The van der Waals surface area contributed by atoms with Crippen LogP contribution in [0, 0.1) is 0 Å². The zero-order valence-electron chi connectivity index (χ0n) is 13.7. The number of ether oxygens (including phenoxy) is 2. The van der Waals surface area contributed by atoms with E-state index in [9.17, 15) is 9.59 Å². The van der Waals surface area contributed by atoms with Crippen LogP contribution in [-0.4, -0.2) is 38.3 Å². The van der Waals surface area contributed by atoms with E-state index in [1.165, 1.54) is 4.90 Å². The summed E-state index contributed by atoms with van der Waals surface area (Å²) in [5.74, 6) is 0.616. The maximum absolute atomic E-state index is 12.1. The zero-order chi connectivity index (χ0) is 16.5. The lowest BCUT2D eigenvalue weighted by molar-refractivity contribution is -0.118. The predicted octanol–water partition coefficient (Wildman–Crippen LogP) is 2.80. The van der Waals surface area contributed by atoms with Crippen LogP contribution in [0.25, 0.3) is 0 Å². The molecule has 2 amide bonds. The lowest BCUT2D eigenvalue weighted by Crippen LogP contribution is -2.34. The van der Waals surface area contributed by atoms with Crippen LogP contribution in [0.4, 0.5) is 16.2 Å². The normalized spacial score (nSPS) is 14.8. The van der Waals surface area contributed by atoms with Crippen LogP contribution >= 0.6 is 0 Å². The second kappa shape index (κ2) is 5.87. The molecule has 0 saturated heterocycles. The number of nitrogens with zero attached hydrogens (tertiary/aromatic N) is 2. The van der Waals surface area contributed by atoms with Gasteiger partial charge in [-0.1, -0.05) is 0 Å². The molecule has 0 spiro atoms. The van der Waals surface area contributed by atoms with E-state index in [1.807, 2.05) is 20.8 Å².